The van der Waals surface area contributed by atoms with Crippen LogP contribution in [0.4, 0.5) is 0 Å². The largest absolute Gasteiger partial charge is 0.399 e. The molecular formula is C6H9NO4S. The van der Waals surface area contributed by atoms with Gasteiger partial charge in [0.2, 0.25) is 4.93 Å². The van der Waals surface area contributed by atoms with E-state index in [1.165, 1.54) is 12.2 Å². The van der Waals surface area contributed by atoms with Gasteiger partial charge in [0, 0.05) is 12.1 Å². The molecule has 0 aromatic heterocycles. The van der Waals surface area contributed by atoms with E-state index in [2.05, 4.69) is 0 Å². The van der Waals surface area contributed by atoms with E-state index in [0.29, 0.717) is 5.70 Å². The standard InChI is InChI=1S/C6H9NO4S/c7-5-1-3-6(8,4-2-5)12(9,10)11/h1-3,8H,4,7H2,(H,9,10,11). The van der Waals surface area contributed by atoms with E-state index in [4.69, 9.17) is 10.3 Å². The number of nitrogens with two attached hydrogens (primary N) is 1. The van der Waals surface area contributed by atoms with Crippen molar-refractivity contribution in [3.05, 3.63) is 23.9 Å². The minimum atomic E-state index is -4.48. The van der Waals surface area contributed by atoms with E-state index in [1.807, 2.05) is 0 Å². The number of hydrogen-bond donors (Lipinski definition) is 3. The van der Waals surface area contributed by atoms with Crippen LogP contribution in [0, 0.1) is 0 Å². The molecule has 0 heterocycles. The monoisotopic (exact) mass is 191 g/mol. The van der Waals surface area contributed by atoms with Crippen LogP contribution in [0.2, 0.25) is 0 Å². The Kier molecular flexibility index (Phi) is 1.99. The minimum Gasteiger partial charge on any atom is -0.399 e. The Morgan fingerprint density at radius 3 is 2.50 bits per heavy atom. The molecule has 0 amide bonds. The van der Waals surface area contributed by atoms with Gasteiger partial charge < -0.3 is 10.8 Å². The maximum atomic E-state index is 10.6. The van der Waals surface area contributed by atoms with Gasteiger partial charge in [0.05, 0.1) is 0 Å². The summed E-state index contributed by atoms with van der Waals surface area (Å²) in [4.78, 5) is -2.21. The highest BCUT2D eigenvalue weighted by atomic mass is 32.2. The zero-order chi connectivity index (χ0) is 9.41. The van der Waals surface area contributed by atoms with Gasteiger partial charge in [0.15, 0.2) is 0 Å². The Morgan fingerprint density at radius 1 is 1.58 bits per heavy atom. The van der Waals surface area contributed by atoms with E-state index in [-0.39, 0.29) is 6.42 Å². The average Bonchev–Trinajstić information content (AvgIpc) is 1.93. The van der Waals surface area contributed by atoms with Crippen molar-refractivity contribution in [1.82, 2.24) is 0 Å². The predicted molar refractivity (Wildman–Crippen MR) is 42.5 cm³/mol. The molecular weight excluding hydrogens is 182 g/mol. The zero-order valence-electron chi connectivity index (χ0n) is 6.14. The Balaban J connectivity index is 3.02. The first-order valence-electron chi connectivity index (χ1n) is 3.19. The van der Waals surface area contributed by atoms with Crippen molar-refractivity contribution in [3.63, 3.8) is 0 Å². The van der Waals surface area contributed by atoms with Gasteiger partial charge in [-0.25, -0.2) is 0 Å². The normalized spacial score (nSPS) is 30.0. The lowest BCUT2D eigenvalue weighted by Crippen LogP contribution is -2.37. The Bertz CT molecular complexity index is 343. The van der Waals surface area contributed by atoms with Gasteiger partial charge in [-0.1, -0.05) is 6.08 Å². The Morgan fingerprint density at radius 2 is 2.17 bits per heavy atom. The molecule has 5 nitrogen and oxygen atoms in total. The van der Waals surface area contributed by atoms with Gasteiger partial charge in [0.25, 0.3) is 10.1 Å². The summed E-state index contributed by atoms with van der Waals surface area (Å²) < 4.78 is 29.8. The highest BCUT2D eigenvalue weighted by Gasteiger charge is 2.38. The van der Waals surface area contributed by atoms with Crippen LogP contribution in [0.15, 0.2) is 23.9 Å². The van der Waals surface area contributed by atoms with Crippen LogP contribution < -0.4 is 5.73 Å². The highest BCUT2D eigenvalue weighted by molar-refractivity contribution is 7.87. The molecule has 0 bridgehead atoms. The number of rotatable bonds is 1. The molecule has 0 saturated carbocycles. The number of hydrogen-bond acceptors (Lipinski definition) is 4. The van der Waals surface area contributed by atoms with E-state index in [9.17, 15) is 13.5 Å². The average molecular weight is 191 g/mol. The van der Waals surface area contributed by atoms with Gasteiger partial charge in [-0.15, -0.1) is 0 Å². The topological polar surface area (TPSA) is 101 Å². The molecule has 1 unspecified atom stereocenters. The van der Waals surface area contributed by atoms with Crippen molar-refractivity contribution in [2.75, 3.05) is 0 Å². The summed E-state index contributed by atoms with van der Waals surface area (Å²) in [7, 11) is -4.48. The molecule has 0 fully saturated rings. The second kappa shape index (κ2) is 2.58. The van der Waals surface area contributed by atoms with Gasteiger partial charge in [-0.2, -0.15) is 8.42 Å². The fourth-order valence-corrected chi connectivity index (χ4v) is 1.35. The van der Waals surface area contributed by atoms with E-state index < -0.39 is 15.1 Å². The lowest BCUT2D eigenvalue weighted by Gasteiger charge is -2.21. The Labute approximate surface area is 69.9 Å². The maximum absolute atomic E-state index is 10.6. The second-order valence-electron chi connectivity index (χ2n) is 2.56. The van der Waals surface area contributed by atoms with E-state index >= 15 is 0 Å². The molecule has 0 saturated heterocycles. The van der Waals surface area contributed by atoms with Crippen LogP contribution in [0.25, 0.3) is 0 Å². The number of aliphatic hydroxyl groups is 1. The first kappa shape index (κ1) is 9.24. The summed E-state index contributed by atoms with van der Waals surface area (Å²) in [5.74, 6) is 0. The van der Waals surface area contributed by atoms with Gasteiger partial charge >= 0.3 is 0 Å². The van der Waals surface area contributed by atoms with Crippen LogP contribution in [0.5, 0.6) is 0 Å². The second-order valence-corrected chi connectivity index (χ2v) is 4.22. The van der Waals surface area contributed by atoms with Crippen molar-refractivity contribution in [3.8, 4) is 0 Å². The molecule has 6 heteroatoms. The van der Waals surface area contributed by atoms with E-state index in [1.54, 1.807) is 0 Å². The smallest absolute Gasteiger partial charge is 0.299 e. The molecule has 0 aromatic rings. The van der Waals surface area contributed by atoms with Crippen molar-refractivity contribution in [2.24, 2.45) is 5.73 Å². The molecule has 4 N–H and O–H groups in total. The van der Waals surface area contributed by atoms with Crippen molar-refractivity contribution in [1.29, 1.82) is 0 Å². The maximum Gasteiger partial charge on any atom is 0.299 e. The summed E-state index contributed by atoms with van der Waals surface area (Å²) in [5, 5.41) is 9.30. The van der Waals surface area contributed by atoms with Crippen LogP contribution in [0.1, 0.15) is 6.42 Å². The molecule has 1 rings (SSSR count). The summed E-state index contributed by atoms with van der Waals surface area (Å²) in [5.41, 5.74) is 5.65. The fraction of sp³-hybridized carbons (Fsp3) is 0.333. The zero-order valence-corrected chi connectivity index (χ0v) is 6.95. The third-order valence-electron chi connectivity index (χ3n) is 1.61. The van der Waals surface area contributed by atoms with E-state index in [0.717, 1.165) is 6.08 Å². The quantitative estimate of drug-likeness (QED) is 0.479. The molecule has 0 aromatic carbocycles. The molecule has 68 valence electrons. The molecule has 0 spiro atoms. The third kappa shape index (κ3) is 1.50. The minimum absolute atomic E-state index is 0.228. The summed E-state index contributed by atoms with van der Waals surface area (Å²) in [6, 6.07) is 0. The first-order valence-corrected chi connectivity index (χ1v) is 4.63. The predicted octanol–water partition coefficient (Wildman–Crippen LogP) is -0.635. The number of allylic oxidation sites excluding steroid dienone is 1. The lowest BCUT2D eigenvalue weighted by atomic mass is 10.1. The third-order valence-corrected chi connectivity index (χ3v) is 2.81. The SMILES string of the molecule is NC1=CCC(O)(S(=O)(=O)O)C=C1. The van der Waals surface area contributed by atoms with Crippen molar-refractivity contribution < 1.29 is 18.1 Å². The molecule has 1 atom stereocenters. The van der Waals surface area contributed by atoms with Gasteiger partial charge in [-0.3, -0.25) is 4.55 Å². The molecule has 0 radical (unpaired) electrons. The van der Waals surface area contributed by atoms with Crippen LogP contribution >= 0.6 is 0 Å². The first-order chi connectivity index (χ1) is 5.35. The van der Waals surface area contributed by atoms with Gasteiger partial charge in [-0.05, 0) is 12.2 Å². The fourth-order valence-electron chi connectivity index (χ4n) is 0.818. The Hall–Kier alpha value is -0.850. The van der Waals surface area contributed by atoms with Crippen LogP contribution in [-0.4, -0.2) is 23.0 Å². The van der Waals surface area contributed by atoms with Crippen LogP contribution in [-0.2, 0) is 10.1 Å². The highest BCUT2D eigenvalue weighted by Crippen LogP contribution is 2.24. The molecule has 1 aliphatic carbocycles. The summed E-state index contributed by atoms with van der Waals surface area (Å²) in [6.45, 7) is 0. The molecule has 1 aliphatic rings. The molecule has 0 aliphatic heterocycles. The van der Waals surface area contributed by atoms with Crippen molar-refractivity contribution >= 4 is 10.1 Å². The summed E-state index contributed by atoms with van der Waals surface area (Å²) >= 11 is 0. The molecule has 12 heavy (non-hydrogen) atoms. The lowest BCUT2D eigenvalue weighted by molar-refractivity contribution is 0.162. The van der Waals surface area contributed by atoms with Crippen molar-refractivity contribution in [2.45, 2.75) is 11.4 Å². The summed E-state index contributed by atoms with van der Waals surface area (Å²) in [6.07, 6.45) is 3.29. The van der Waals surface area contributed by atoms with Gasteiger partial charge in [0.1, 0.15) is 0 Å². The van der Waals surface area contributed by atoms with Crippen LogP contribution in [0.3, 0.4) is 0 Å².